The van der Waals surface area contributed by atoms with Gasteiger partial charge in [-0.05, 0) is 17.9 Å². The second-order valence-corrected chi connectivity index (χ2v) is 5.23. The average Bonchev–Trinajstić information content (AvgIpc) is 2.84. The second kappa shape index (κ2) is 3.59. The highest BCUT2D eigenvalue weighted by Crippen LogP contribution is 2.41. The third-order valence-corrected chi connectivity index (χ3v) is 4.22. The number of para-hydroxylation sites is 1. The van der Waals surface area contributed by atoms with Crippen LogP contribution in [0, 0.1) is 11.8 Å². The van der Waals surface area contributed by atoms with E-state index in [1.54, 1.807) is 6.20 Å². The first-order chi connectivity index (χ1) is 8.84. The smallest absolute Gasteiger partial charge is 0.253 e. The van der Waals surface area contributed by atoms with Crippen LogP contribution in [0.25, 0.3) is 10.9 Å². The molecule has 2 aliphatic rings. The number of hydrogen-bond donors (Lipinski definition) is 3. The molecule has 2 heterocycles. The van der Waals surface area contributed by atoms with Crippen LogP contribution in [0.15, 0.2) is 30.5 Å². The van der Waals surface area contributed by atoms with E-state index in [0.717, 1.165) is 29.6 Å². The van der Waals surface area contributed by atoms with Crippen molar-refractivity contribution in [2.24, 2.45) is 11.8 Å². The Kier molecular flexibility index (Phi) is 2.02. The van der Waals surface area contributed by atoms with Crippen molar-refractivity contribution in [1.82, 2.24) is 15.6 Å². The zero-order valence-electron chi connectivity index (χ0n) is 9.94. The highest BCUT2D eigenvalue weighted by molar-refractivity contribution is 6.06. The molecular weight excluding hydrogens is 226 g/mol. The molecule has 0 bridgehead atoms. The SMILES string of the molecule is O=C(NC1C2CNCC21)c1c[nH]c2ccccc12. The standard InChI is InChI=1S/C14H15N3O/c18-14(17-13-9-5-15-6-10(9)13)11-7-16-12-4-2-1-3-8(11)12/h1-4,7,9-10,13,15-16H,5-6H2,(H,17,18). The van der Waals surface area contributed by atoms with Gasteiger partial charge in [-0.3, -0.25) is 4.79 Å². The summed E-state index contributed by atoms with van der Waals surface area (Å²) in [5.41, 5.74) is 1.77. The van der Waals surface area contributed by atoms with Crippen LogP contribution in [-0.4, -0.2) is 30.0 Å². The van der Waals surface area contributed by atoms with E-state index in [2.05, 4.69) is 15.6 Å². The third kappa shape index (κ3) is 1.39. The molecule has 1 saturated carbocycles. The van der Waals surface area contributed by atoms with Crippen LogP contribution in [0.3, 0.4) is 0 Å². The Balaban J connectivity index is 1.57. The largest absolute Gasteiger partial charge is 0.360 e. The Labute approximate surface area is 105 Å². The van der Waals surface area contributed by atoms with Crippen molar-refractivity contribution in [2.45, 2.75) is 6.04 Å². The molecule has 2 atom stereocenters. The maximum Gasteiger partial charge on any atom is 0.253 e. The molecule has 1 saturated heterocycles. The third-order valence-electron chi connectivity index (χ3n) is 4.22. The van der Waals surface area contributed by atoms with E-state index < -0.39 is 0 Å². The predicted molar refractivity (Wildman–Crippen MR) is 69.4 cm³/mol. The van der Waals surface area contributed by atoms with Gasteiger partial charge in [0.25, 0.3) is 5.91 Å². The van der Waals surface area contributed by atoms with Crippen molar-refractivity contribution in [3.8, 4) is 0 Å². The molecule has 1 aromatic heterocycles. The summed E-state index contributed by atoms with van der Waals surface area (Å²) < 4.78 is 0. The van der Waals surface area contributed by atoms with E-state index in [1.165, 1.54) is 0 Å². The Morgan fingerprint density at radius 3 is 2.83 bits per heavy atom. The van der Waals surface area contributed by atoms with Gasteiger partial charge in [-0.2, -0.15) is 0 Å². The van der Waals surface area contributed by atoms with Gasteiger partial charge in [0, 0.05) is 36.2 Å². The summed E-state index contributed by atoms with van der Waals surface area (Å²) in [4.78, 5) is 15.4. The van der Waals surface area contributed by atoms with Gasteiger partial charge in [-0.15, -0.1) is 0 Å². The van der Waals surface area contributed by atoms with Crippen LogP contribution in [0.2, 0.25) is 0 Å². The number of aromatic nitrogens is 1. The maximum atomic E-state index is 12.2. The Morgan fingerprint density at radius 2 is 2.00 bits per heavy atom. The molecule has 4 rings (SSSR count). The number of benzene rings is 1. The van der Waals surface area contributed by atoms with Crippen LogP contribution in [0.4, 0.5) is 0 Å². The summed E-state index contributed by atoms with van der Waals surface area (Å²) in [6.07, 6.45) is 1.80. The van der Waals surface area contributed by atoms with E-state index in [4.69, 9.17) is 0 Å². The number of rotatable bonds is 2. The van der Waals surface area contributed by atoms with Crippen molar-refractivity contribution >= 4 is 16.8 Å². The van der Waals surface area contributed by atoms with Crippen LogP contribution < -0.4 is 10.6 Å². The normalized spacial score (nSPS) is 29.2. The van der Waals surface area contributed by atoms with Crippen molar-refractivity contribution in [1.29, 1.82) is 0 Å². The molecule has 2 unspecified atom stereocenters. The lowest BCUT2D eigenvalue weighted by atomic mass is 10.1. The van der Waals surface area contributed by atoms with Crippen LogP contribution in [0.1, 0.15) is 10.4 Å². The molecule has 1 aliphatic heterocycles. The van der Waals surface area contributed by atoms with Crippen molar-refractivity contribution < 1.29 is 4.79 Å². The van der Waals surface area contributed by atoms with Gasteiger partial charge in [-0.1, -0.05) is 18.2 Å². The topological polar surface area (TPSA) is 56.9 Å². The number of carbonyl (C=O) groups excluding carboxylic acids is 1. The number of fused-ring (bicyclic) bond motifs is 2. The number of carbonyl (C=O) groups is 1. The first-order valence-electron chi connectivity index (χ1n) is 6.42. The summed E-state index contributed by atoms with van der Waals surface area (Å²) in [6.45, 7) is 2.09. The fourth-order valence-corrected chi connectivity index (χ4v) is 3.12. The number of aromatic amines is 1. The molecule has 2 fully saturated rings. The quantitative estimate of drug-likeness (QED) is 0.738. The highest BCUT2D eigenvalue weighted by atomic mass is 16.1. The first kappa shape index (κ1) is 10.1. The fourth-order valence-electron chi connectivity index (χ4n) is 3.12. The van der Waals surface area contributed by atoms with Crippen LogP contribution in [0.5, 0.6) is 0 Å². The molecule has 1 aromatic carbocycles. The molecule has 3 N–H and O–H groups in total. The molecule has 18 heavy (non-hydrogen) atoms. The predicted octanol–water partition coefficient (Wildman–Crippen LogP) is 1.12. The minimum Gasteiger partial charge on any atom is -0.360 e. The number of amides is 1. The fraction of sp³-hybridized carbons (Fsp3) is 0.357. The van der Waals surface area contributed by atoms with Crippen LogP contribution >= 0.6 is 0 Å². The average molecular weight is 241 g/mol. The number of hydrogen-bond acceptors (Lipinski definition) is 2. The number of H-pyrrole nitrogens is 1. The van der Waals surface area contributed by atoms with E-state index in [1.807, 2.05) is 24.3 Å². The molecule has 92 valence electrons. The zero-order valence-corrected chi connectivity index (χ0v) is 9.94. The number of nitrogens with one attached hydrogen (secondary N) is 3. The number of piperidine rings is 1. The summed E-state index contributed by atoms with van der Waals surface area (Å²) >= 11 is 0. The molecule has 0 spiro atoms. The van der Waals surface area contributed by atoms with Gasteiger partial charge in [0.2, 0.25) is 0 Å². The lowest BCUT2D eigenvalue weighted by Gasteiger charge is -2.06. The monoisotopic (exact) mass is 241 g/mol. The van der Waals surface area contributed by atoms with Gasteiger partial charge in [0.05, 0.1) is 5.56 Å². The second-order valence-electron chi connectivity index (χ2n) is 5.23. The first-order valence-corrected chi connectivity index (χ1v) is 6.42. The van der Waals surface area contributed by atoms with Crippen molar-refractivity contribution in [3.05, 3.63) is 36.0 Å². The minimum absolute atomic E-state index is 0.0480. The highest BCUT2D eigenvalue weighted by Gasteiger charge is 2.53. The van der Waals surface area contributed by atoms with Gasteiger partial charge >= 0.3 is 0 Å². The lowest BCUT2D eigenvalue weighted by molar-refractivity contribution is 0.0948. The summed E-state index contributed by atoms with van der Waals surface area (Å²) in [6, 6.07) is 8.28. The zero-order chi connectivity index (χ0) is 12.1. The van der Waals surface area contributed by atoms with E-state index in [0.29, 0.717) is 17.9 Å². The Bertz CT molecular complexity index is 608. The van der Waals surface area contributed by atoms with Gasteiger partial charge in [-0.25, -0.2) is 0 Å². The Hall–Kier alpha value is -1.81. The Morgan fingerprint density at radius 1 is 1.22 bits per heavy atom. The minimum atomic E-state index is 0.0480. The summed E-state index contributed by atoms with van der Waals surface area (Å²) in [5.74, 6) is 1.35. The van der Waals surface area contributed by atoms with Crippen LogP contribution in [-0.2, 0) is 0 Å². The van der Waals surface area contributed by atoms with Gasteiger partial charge in [0.1, 0.15) is 0 Å². The van der Waals surface area contributed by atoms with E-state index >= 15 is 0 Å². The van der Waals surface area contributed by atoms with E-state index in [9.17, 15) is 4.79 Å². The van der Waals surface area contributed by atoms with Crippen molar-refractivity contribution in [3.63, 3.8) is 0 Å². The molecule has 0 radical (unpaired) electrons. The molecular formula is C14H15N3O. The maximum absolute atomic E-state index is 12.2. The molecule has 2 aromatic rings. The van der Waals surface area contributed by atoms with Crippen molar-refractivity contribution in [2.75, 3.05) is 13.1 Å². The molecule has 4 heteroatoms. The summed E-state index contributed by atoms with van der Waals surface area (Å²) in [7, 11) is 0. The molecule has 1 aliphatic carbocycles. The lowest BCUT2D eigenvalue weighted by Crippen LogP contribution is -2.32. The molecule has 4 nitrogen and oxygen atoms in total. The van der Waals surface area contributed by atoms with Gasteiger partial charge in [0.15, 0.2) is 0 Å². The summed E-state index contributed by atoms with van der Waals surface area (Å²) in [5, 5.41) is 7.48. The molecule has 1 amide bonds. The van der Waals surface area contributed by atoms with Gasteiger partial charge < -0.3 is 15.6 Å². The van der Waals surface area contributed by atoms with E-state index in [-0.39, 0.29) is 5.91 Å².